The van der Waals surface area contributed by atoms with E-state index in [4.69, 9.17) is 12.2 Å². The third-order valence-corrected chi connectivity index (χ3v) is 5.69. The molecule has 1 aromatic carbocycles. The van der Waals surface area contributed by atoms with Crippen molar-refractivity contribution in [2.24, 2.45) is 0 Å². The Bertz CT molecular complexity index is 971. The number of benzene rings is 1. The lowest BCUT2D eigenvalue weighted by molar-refractivity contribution is 0.223. The highest BCUT2D eigenvalue weighted by molar-refractivity contribution is 7.80. The Hall–Kier alpha value is -2.70. The van der Waals surface area contributed by atoms with Crippen LogP contribution >= 0.6 is 12.2 Å². The number of nitrogens with one attached hydrogen (secondary N) is 1. The number of pyridine rings is 1. The van der Waals surface area contributed by atoms with Crippen LogP contribution in [0.2, 0.25) is 0 Å². The number of rotatable bonds is 5. The molecule has 2 atom stereocenters. The minimum Gasteiger partial charge on any atom is -0.395 e. The second kappa shape index (κ2) is 7.73. The molecule has 5 nitrogen and oxygen atoms in total. The van der Waals surface area contributed by atoms with Crippen molar-refractivity contribution in [3.8, 4) is 5.69 Å². The summed E-state index contributed by atoms with van der Waals surface area (Å²) < 4.78 is 2.27. The van der Waals surface area contributed by atoms with Gasteiger partial charge in [-0.3, -0.25) is 4.98 Å². The molecule has 0 amide bonds. The second-order valence-corrected chi connectivity index (χ2v) is 7.43. The van der Waals surface area contributed by atoms with Crippen LogP contribution in [0.1, 0.15) is 34.7 Å². The summed E-state index contributed by atoms with van der Waals surface area (Å²) in [4.78, 5) is 6.64. The zero-order chi connectivity index (χ0) is 19.7. The summed E-state index contributed by atoms with van der Waals surface area (Å²) in [7, 11) is 0. The van der Waals surface area contributed by atoms with Gasteiger partial charge in [-0.2, -0.15) is 0 Å². The first kappa shape index (κ1) is 18.7. The van der Waals surface area contributed by atoms with E-state index in [1.165, 1.54) is 17.0 Å². The summed E-state index contributed by atoms with van der Waals surface area (Å²) in [6, 6.07) is 18.4. The van der Waals surface area contributed by atoms with E-state index >= 15 is 0 Å². The van der Waals surface area contributed by atoms with Gasteiger partial charge in [0, 0.05) is 29.8 Å². The van der Waals surface area contributed by atoms with Gasteiger partial charge in [-0.05, 0) is 62.0 Å². The fourth-order valence-corrected chi connectivity index (χ4v) is 4.49. The Morgan fingerprint density at radius 3 is 2.54 bits per heavy atom. The molecule has 1 aliphatic heterocycles. The molecule has 3 aromatic rings. The highest BCUT2D eigenvalue weighted by Gasteiger charge is 2.41. The number of hydrogen-bond acceptors (Lipinski definition) is 3. The largest absolute Gasteiger partial charge is 0.395 e. The van der Waals surface area contributed by atoms with Gasteiger partial charge in [0.2, 0.25) is 0 Å². The minimum atomic E-state index is -0.0648. The van der Waals surface area contributed by atoms with Crippen molar-refractivity contribution in [2.45, 2.75) is 25.9 Å². The van der Waals surface area contributed by atoms with Crippen molar-refractivity contribution >= 4 is 17.3 Å². The van der Waals surface area contributed by atoms with Gasteiger partial charge in [0.15, 0.2) is 5.11 Å². The van der Waals surface area contributed by atoms with Gasteiger partial charge in [0.05, 0.1) is 24.4 Å². The van der Waals surface area contributed by atoms with Gasteiger partial charge in [-0.15, -0.1) is 0 Å². The monoisotopic (exact) mass is 392 g/mol. The van der Waals surface area contributed by atoms with Crippen molar-refractivity contribution in [1.29, 1.82) is 0 Å². The van der Waals surface area contributed by atoms with Gasteiger partial charge in [0.1, 0.15) is 0 Å². The molecule has 28 heavy (non-hydrogen) atoms. The summed E-state index contributed by atoms with van der Waals surface area (Å²) in [5, 5.41) is 13.7. The molecule has 0 spiro atoms. The molecule has 144 valence electrons. The molecule has 0 bridgehead atoms. The Morgan fingerprint density at radius 2 is 1.86 bits per heavy atom. The summed E-state index contributed by atoms with van der Waals surface area (Å²) in [5.74, 6) is 0. The predicted octanol–water partition coefficient (Wildman–Crippen LogP) is 3.45. The highest BCUT2D eigenvalue weighted by atomic mass is 32.1. The summed E-state index contributed by atoms with van der Waals surface area (Å²) in [5.41, 5.74) is 5.61. The maximum Gasteiger partial charge on any atom is 0.170 e. The topological polar surface area (TPSA) is 53.3 Å². The van der Waals surface area contributed by atoms with E-state index < -0.39 is 0 Å². The van der Waals surface area contributed by atoms with Crippen molar-refractivity contribution in [3.63, 3.8) is 0 Å². The summed E-state index contributed by atoms with van der Waals surface area (Å²) >= 11 is 5.61. The van der Waals surface area contributed by atoms with E-state index in [2.05, 4.69) is 63.9 Å². The van der Waals surface area contributed by atoms with Crippen LogP contribution in [0.5, 0.6) is 0 Å². The number of β-amino-alcohol motifs (C(OH)–C–C–N with tert-alkyl or cyclic N) is 1. The molecular weight excluding hydrogens is 368 g/mol. The van der Waals surface area contributed by atoms with Crippen LogP contribution in [-0.4, -0.2) is 37.8 Å². The molecule has 0 radical (unpaired) electrons. The zero-order valence-electron chi connectivity index (χ0n) is 16.0. The molecule has 0 aliphatic carbocycles. The third kappa shape index (κ3) is 3.19. The van der Waals surface area contributed by atoms with E-state index in [-0.39, 0.29) is 18.7 Å². The van der Waals surface area contributed by atoms with Gasteiger partial charge >= 0.3 is 0 Å². The smallest absolute Gasteiger partial charge is 0.170 e. The molecule has 4 rings (SSSR count). The van der Waals surface area contributed by atoms with Crippen molar-refractivity contribution in [1.82, 2.24) is 19.8 Å². The normalized spacial score (nSPS) is 19.1. The maximum atomic E-state index is 9.62. The number of aliphatic hydroxyl groups excluding tert-OH is 1. The van der Waals surface area contributed by atoms with Crippen LogP contribution in [0.4, 0.5) is 0 Å². The number of aryl methyl sites for hydroxylation is 1. The lowest BCUT2D eigenvalue weighted by Crippen LogP contribution is -2.32. The average molecular weight is 393 g/mol. The van der Waals surface area contributed by atoms with Gasteiger partial charge < -0.3 is 19.9 Å². The van der Waals surface area contributed by atoms with Crippen molar-refractivity contribution < 1.29 is 5.11 Å². The van der Waals surface area contributed by atoms with Crippen LogP contribution in [0, 0.1) is 13.8 Å². The second-order valence-electron chi connectivity index (χ2n) is 7.04. The van der Waals surface area contributed by atoms with E-state index in [1.807, 2.05) is 24.3 Å². The molecule has 0 saturated carbocycles. The van der Waals surface area contributed by atoms with Crippen LogP contribution in [0.3, 0.4) is 0 Å². The predicted molar refractivity (Wildman–Crippen MR) is 114 cm³/mol. The van der Waals surface area contributed by atoms with Gasteiger partial charge in [-0.25, -0.2) is 0 Å². The molecule has 6 heteroatoms. The number of nitrogens with zero attached hydrogens (tertiary/aromatic N) is 3. The average Bonchev–Trinajstić information content (AvgIpc) is 3.19. The lowest BCUT2D eigenvalue weighted by atomic mass is 9.97. The van der Waals surface area contributed by atoms with Crippen LogP contribution < -0.4 is 5.32 Å². The number of aromatic nitrogens is 2. The highest BCUT2D eigenvalue weighted by Crippen LogP contribution is 2.41. The fourth-order valence-electron chi connectivity index (χ4n) is 4.15. The first-order valence-corrected chi connectivity index (χ1v) is 9.86. The summed E-state index contributed by atoms with van der Waals surface area (Å²) in [6.07, 6.45) is 1.80. The molecule has 2 N–H and O–H groups in total. The van der Waals surface area contributed by atoms with Gasteiger partial charge in [-0.1, -0.05) is 24.3 Å². The Balaban J connectivity index is 1.83. The van der Waals surface area contributed by atoms with E-state index in [0.717, 1.165) is 11.4 Å². The molecule has 3 heterocycles. The standard InChI is InChI=1S/C22H24N4OS/c1-15-14-18(16(2)26(15)17-8-4-3-5-9-17)21-20(19-10-6-7-11-23-19)24-22(28)25(21)12-13-27/h3-11,14,20-21,27H,12-13H2,1-2H3,(H,24,28)/t20-,21-/m1/s1. The molecule has 1 aliphatic rings. The van der Waals surface area contributed by atoms with Crippen LogP contribution in [0.25, 0.3) is 5.69 Å². The fraction of sp³-hybridized carbons (Fsp3) is 0.273. The Labute approximate surface area is 170 Å². The van der Waals surface area contributed by atoms with Crippen molar-refractivity contribution in [3.05, 3.63) is 83.4 Å². The van der Waals surface area contributed by atoms with E-state index in [1.54, 1.807) is 6.20 Å². The maximum absolute atomic E-state index is 9.62. The summed E-state index contributed by atoms with van der Waals surface area (Å²) in [6.45, 7) is 4.79. The first-order valence-electron chi connectivity index (χ1n) is 9.45. The van der Waals surface area contributed by atoms with Gasteiger partial charge in [0.25, 0.3) is 0 Å². The SMILES string of the molecule is Cc1cc([C@@H]2[C@@H](c3ccccn3)NC(=S)N2CCO)c(C)n1-c1ccccc1. The Morgan fingerprint density at radius 1 is 1.11 bits per heavy atom. The van der Waals surface area contributed by atoms with Crippen molar-refractivity contribution in [2.75, 3.05) is 13.2 Å². The Kier molecular flexibility index (Phi) is 5.15. The molecular formula is C22H24N4OS. The van der Waals surface area contributed by atoms with E-state index in [9.17, 15) is 5.11 Å². The number of aliphatic hydroxyl groups is 1. The number of hydrogen-bond donors (Lipinski definition) is 2. The first-order chi connectivity index (χ1) is 13.6. The molecule has 2 aromatic heterocycles. The third-order valence-electron chi connectivity index (χ3n) is 5.34. The number of para-hydroxylation sites is 1. The zero-order valence-corrected chi connectivity index (χ0v) is 16.9. The number of thiocarbonyl (C=S) groups is 1. The minimum absolute atomic E-state index is 0.0294. The van der Waals surface area contributed by atoms with E-state index in [0.29, 0.717) is 11.7 Å². The lowest BCUT2D eigenvalue weighted by Gasteiger charge is -2.27. The van der Waals surface area contributed by atoms with Crippen LogP contribution in [0.15, 0.2) is 60.8 Å². The quantitative estimate of drug-likeness (QED) is 0.652. The van der Waals surface area contributed by atoms with Crippen LogP contribution in [-0.2, 0) is 0 Å². The molecule has 1 saturated heterocycles. The molecule has 1 fully saturated rings. The molecule has 0 unspecified atom stereocenters.